The SMILES string of the molecule is Cl.Cl.NC1CC(=O)N(c2ccc(N3CCCC3)cc2)C1. The summed E-state index contributed by atoms with van der Waals surface area (Å²) in [5, 5.41) is 0. The highest BCUT2D eigenvalue weighted by Gasteiger charge is 2.27. The number of amides is 1. The summed E-state index contributed by atoms with van der Waals surface area (Å²) in [7, 11) is 0. The first-order valence-electron chi connectivity index (χ1n) is 6.65. The fourth-order valence-electron chi connectivity index (χ4n) is 2.80. The minimum atomic E-state index is -0.0178. The highest BCUT2D eigenvalue weighted by Crippen LogP contribution is 2.26. The number of rotatable bonds is 2. The first-order chi connectivity index (χ1) is 8.74. The average Bonchev–Trinajstić information content (AvgIpc) is 2.99. The molecule has 2 aliphatic heterocycles. The fourth-order valence-corrected chi connectivity index (χ4v) is 2.80. The summed E-state index contributed by atoms with van der Waals surface area (Å²) in [6.45, 7) is 2.93. The van der Waals surface area contributed by atoms with Gasteiger partial charge in [-0.05, 0) is 37.1 Å². The fraction of sp³-hybridized carbons (Fsp3) is 0.500. The minimum Gasteiger partial charge on any atom is -0.372 e. The van der Waals surface area contributed by atoms with Gasteiger partial charge in [-0.3, -0.25) is 4.79 Å². The molecule has 6 heteroatoms. The second-order valence-corrected chi connectivity index (χ2v) is 5.18. The Bertz CT molecular complexity index is 446. The lowest BCUT2D eigenvalue weighted by Crippen LogP contribution is -2.28. The lowest BCUT2D eigenvalue weighted by molar-refractivity contribution is -0.117. The van der Waals surface area contributed by atoms with Crippen molar-refractivity contribution >= 4 is 42.1 Å². The predicted octanol–water partition coefficient (Wildman–Crippen LogP) is 2.19. The van der Waals surface area contributed by atoms with E-state index in [2.05, 4.69) is 17.0 Å². The summed E-state index contributed by atoms with van der Waals surface area (Å²) >= 11 is 0. The van der Waals surface area contributed by atoms with E-state index in [1.165, 1.54) is 18.5 Å². The van der Waals surface area contributed by atoms with Crippen LogP contribution in [0.3, 0.4) is 0 Å². The molecule has 0 spiro atoms. The molecule has 2 N–H and O–H groups in total. The largest absolute Gasteiger partial charge is 0.372 e. The van der Waals surface area contributed by atoms with Gasteiger partial charge in [0.2, 0.25) is 5.91 Å². The third-order valence-electron chi connectivity index (χ3n) is 3.79. The van der Waals surface area contributed by atoms with E-state index < -0.39 is 0 Å². The number of halogens is 2. The van der Waals surface area contributed by atoms with Crippen molar-refractivity contribution in [1.82, 2.24) is 0 Å². The maximum atomic E-state index is 11.8. The van der Waals surface area contributed by atoms with Crippen molar-refractivity contribution in [2.45, 2.75) is 25.3 Å². The molecular formula is C14H21Cl2N3O. The maximum absolute atomic E-state index is 11.8. The number of benzene rings is 1. The maximum Gasteiger partial charge on any atom is 0.228 e. The molecule has 0 saturated carbocycles. The van der Waals surface area contributed by atoms with Crippen LogP contribution in [0.1, 0.15) is 19.3 Å². The van der Waals surface area contributed by atoms with Gasteiger partial charge in [-0.2, -0.15) is 0 Å². The Morgan fingerprint density at radius 2 is 1.55 bits per heavy atom. The number of hydrogen-bond acceptors (Lipinski definition) is 3. The Balaban J connectivity index is 0.000001000. The molecule has 112 valence electrons. The van der Waals surface area contributed by atoms with E-state index in [0.717, 1.165) is 18.8 Å². The van der Waals surface area contributed by atoms with Crippen LogP contribution in [0.25, 0.3) is 0 Å². The number of carbonyl (C=O) groups is 1. The van der Waals surface area contributed by atoms with Gasteiger partial charge in [0.05, 0.1) is 0 Å². The Labute approximate surface area is 132 Å². The molecule has 4 nitrogen and oxygen atoms in total. The molecule has 2 fully saturated rings. The molecule has 1 atom stereocenters. The predicted molar refractivity (Wildman–Crippen MR) is 87.3 cm³/mol. The molecule has 1 amide bonds. The van der Waals surface area contributed by atoms with Crippen LogP contribution >= 0.6 is 24.8 Å². The van der Waals surface area contributed by atoms with E-state index in [1.54, 1.807) is 4.90 Å². The van der Waals surface area contributed by atoms with Gasteiger partial charge in [0.25, 0.3) is 0 Å². The molecule has 0 bridgehead atoms. The first-order valence-corrected chi connectivity index (χ1v) is 6.65. The topological polar surface area (TPSA) is 49.6 Å². The molecular weight excluding hydrogens is 297 g/mol. The molecule has 20 heavy (non-hydrogen) atoms. The number of anilines is 2. The van der Waals surface area contributed by atoms with Crippen LogP contribution < -0.4 is 15.5 Å². The van der Waals surface area contributed by atoms with Gasteiger partial charge in [0.15, 0.2) is 0 Å². The van der Waals surface area contributed by atoms with Crippen LogP contribution in [0.2, 0.25) is 0 Å². The van der Waals surface area contributed by atoms with Gasteiger partial charge in [0, 0.05) is 43.5 Å². The minimum absolute atomic E-state index is 0. The van der Waals surface area contributed by atoms with Gasteiger partial charge < -0.3 is 15.5 Å². The molecule has 3 rings (SSSR count). The van der Waals surface area contributed by atoms with Gasteiger partial charge in [-0.25, -0.2) is 0 Å². The lowest BCUT2D eigenvalue weighted by atomic mass is 10.2. The highest BCUT2D eigenvalue weighted by molar-refractivity contribution is 5.96. The van der Waals surface area contributed by atoms with Crippen molar-refractivity contribution in [3.05, 3.63) is 24.3 Å². The smallest absolute Gasteiger partial charge is 0.228 e. The van der Waals surface area contributed by atoms with Gasteiger partial charge in [-0.1, -0.05) is 0 Å². The van der Waals surface area contributed by atoms with Crippen molar-refractivity contribution in [2.75, 3.05) is 29.4 Å². The summed E-state index contributed by atoms with van der Waals surface area (Å²) < 4.78 is 0. The van der Waals surface area contributed by atoms with Crippen molar-refractivity contribution in [3.8, 4) is 0 Å². The Kier molecular flexibility index (Phi) is 6.11. The summed E-state index contributed by atoms with van der Waals surface area (Å²) in [6.07, 6.45) is 3.02. The Morgan fingerprint density at radius 3 is 2.05 bits per heavy atom. The van der Waals surface area contributed by atoms with Gasteiger partial charge in [0.1, 0.15) is 0 Å². The summed E-state index contributed by atoms with van der Waals surface area (Å²) in [4.78, 5) is 15.9. The molecule has 2 aliphatic rings. The Hall–Kier alpha value is -0.970. The van der Waals surface area contributed by atoms with E-state index in [0.29, 0.717) is 13.0 Å². The molecule has 1 unspecified atom stereocenters. The zero-order valence-electron chi connectivity index (χ0n) is 11.3. The summed E-state index contributed by atoms with van der Waals surface area (Å²) in [5.41, 5.74) is 8.04. The van der Waals surface area contributed by atoms with Gasteiger partial charge in [-0.15, -0.1) is 24.8 Å². The van der Waals surface area contributed by atoms with Crippen molar-refractivity contribution in [1.29, 1.82) is 0 Å². The normalized spacial score (nSPS) is 21.6. The van der Waals surface area contributed by atoms with E-state index in [1.807, 2.05) is 12.1 Å². The van der Waals surface area contributed by atoms with Crippen LogP contribution in [0, 0.1) is 0 Å². The van der Waals surface area contributed by atoms with Crippen LogP contribution in [-0.2, 0) is 4.79 Å². The molecule has 1 aromatic carbocycles. The van der Waals surface area contributed by atoms with Crippen molar-refractivity contribution < 1.29 is 4.79 Å². The molecule has 2 heterocycles. The van der Waals surface area contributed by atoms with Crippen LogP contribution in [0.5, 0.6) is 0 Å². The molecule has 0 radical (unpaired) electrons. The molecule has 1 aromatic rings. The summed E-state index contributed by atoms with van der Waals surface area (Å²) in [5.74, 6) is 0.136. The van der Waals surface area contributed by atoms with E-state index >= 15 is 0 Å². The zero-order valence-corrected chi connectivity index (χ0v) is 13.0. The average molecular weight is 318 g/mol. The first kappa shape index (κ1) is 17.1. The van der Waals surface area contributed by atoms with Crippen LogP contribution in [0.15, 0.2) is 24.3 Å². The second-order valence-electron chi connectivity index (χ2n) is 5.18. The molecule has 2 saturated heterocycles. The van der Waals surface area contributed by atoms with Crippen molar-refractivity contribution in [2.24, 2.45) is 5.73 Å². The van der Waals surface area contributed by atoms with Crippen molar-refractivity contribution in [3.63, 3.8) is 0 Å². The molecule has 0 aliphatic carbocycles. The molecule has 0 aromatic heterocycles. The van der Waals surface area contributed by atoms with Crippen LogP contribution in [-0.4, -0.2) is 31.6 Å². The number of nitrogens with zero attached hydrogens (tertiary/aromatic N) is 2. The zero-order chi connectivity index (χ0) is 12.5. The van der Waals surface area contributed by atoms with Crippen LogP contribution in [0.4, 0.5) is 11.4 Å². The van der Waals surface area contributed by atoms with E-state index in [-0.39, 0.29) is 36.8 Å². The highest BCUT2D eigenvalue weighted by atomic mass is 35.5. The van der Waals surface area contributed by atoms with E-state index in [4.69, 9.17) is 5.73 Å². The second kappa shape index (κ2) is 7.16. The standard InChI is InChI=1S/C14H19N3O.2ClH/c15-11-9-14(18)17(10-11)13-5-3-12(4-6-13)16-7-1-2-8-16;;/h3-6,11H,1-2,7-10,15H2;2*1H. The third-order valence-corrected chi connectivity index (χ3v) is 3.79. The number of nitrogens with two attached hydrogens (primary N) is 1. The number of hydrogen-bond donors (Lipinski definition) is 1. The monoisotopic (exact) mass is 317 g/mol. The summed E-state index contributed by atoms with van der Waals surface area (Å²) in [6, 6.07) is 8.26. The quantitative estimate of drug-likeness (QED) is 0.909. The lowest BCUT2D eigenvalue weighted by Gasteiger charge is -2.20. The number of carbonyl (C=O) groups excluding carboxylic acids is 1. The van der Waals surface area contributed by atoms with E-state index in [9.17, 15) is 4.79 Å². The third kappa shape index (κ3) is 3.37. The Morgan fingerprint density at radius 1 is 1.00 bits per heavy atom. The van der Waals surface area contributed by atoms with Gasteiger partial charge >= 0.3 is 0 Å².